The summed E-state index contributed by atoms with van der Waals surface area (Å²) >= 11 is 0. The second-order valence-electron chi connectivity index (χ2n) is 17.3. The van der Waals surface area contributed by atoms with Crippen molar-refractivity contribution in [1.29, 1.82) is 0 Å². The highest BCUT2D eigenvalue weighted by molar-refractivity contribution is 7.20. The average molecular weight is 848 g/mol. The molecule has 0 aliphatic heterocycles. The molecule has 0 N–H and O–H groups in total. The van der Waals surface area contributed by atoms with E-state index in [9.17, 15) is 0 Å². The van der Waals surface area contributed by atoms with Crippen molar-refractivity contribution in [3.63, 3.8) is 0 Å². The first-order chi connectivity index (χ1) is 32.1. The number of para-hydroxylation sites is 2. The third-order valence-corrected chi connectivity index (χ3v) is 18.7. The van der Waals surface area contributed by atoms with E-state index in [0.717, 1.165) is 17.1 Å². The molecular formula is C63H49NSi. The van der Waals surface area contributed by atoms with Gasteiger partial charge in [0.2, 0.25) is 0 Å². The van der Waals surface area contributed by atoms with E-state index in [1.807, 2.05) is 0 Å². The Morgan fingerprint density at radius 3 is 1.26 bits per heavy atom. The minimum absolute atomic E-state index is 0.574. The Bertz CT molecular complexity index is 3130. The molecule has 0 atom stereocenters. The SMILES string of the molecule is Cc1cc(C2(c3ccc([Si](c4ccccc4)(c4ccccc4)c4ccccc4)c(C)c3)c3ccccc3-c3ccccc32)ccc1N(c1ccccc1)c1ccccc1-c1ccccc1. The summed E-state index contributed by atoms with van der Waals surface area (Å²) in [4.78, 5) is 2.44. The number of aryl methyl sites for hydroxylation is 2. The van der Waals surface area contributed by atoms with Crippen LogP contribution in [0.5, 0.6) is 0 Å². The number of hydrogen-bond acceptors (Lipinski definition) is 1. The van der Waals surface area contributed by atoms with Crippen molar-refractivity contribution in [2.24, 2.45) is 0 Å². The van der Waals surface area contributed by atoms with Gasteiger partial charge in [0, 0.05) is 16.9 Å². The molecule has 10 aromatic carbocycles. The second-order valence-corrected chi connectivity index (χ2v) is 21.0. The lowest BCUT2D eigenvalue weighted by Crippen LogP contribution is -2.75. The molecule has 0 aromatic heterocycles. The molecule has 0 saturated heterocycles. The Morgan fingerprint density at radius 2 is 0.754 bits per heavy atom. The zero-order valence-electron chi connectivity index (χ0n) is 36.8. The number of rotatable bonds is 10. The van der Waals surface area contributed by atoms with Gasteiger partial charge in [0.15, 0.2) is 8.07 Å². The molecule has 0 unspecified atom stereocenters. The Kier molecular flexibility index (Phi) is 10.3. The van der Waals surface area contributed by atoms with Gasteiger partial charge in [-0.25, -0.2) is 0 Å². The maximum Gasteiger partial charge on any atom is 0.179 e. The third kappa shape index (κ3) is 6.52. The van der Waals surface area contributed by atoms with Crippen LogP contribution in [0.4, 0.5) is 17.1 Å². The molecule has 0 fully saturated rings. The zero-order valence-corrected chi connectivity index (χ0v) is 37.8. The first-order valence-electron chi connectivity index (χ1n) is 22.7. The number of benzene rings is 10. The summed E-state index contributed by atoms with van der Waals surface area (Å²) in [5.74, 6) is 0. The van der Waals surface area contributed by atoms with Crippen molar-refractivity contribution in [2.45, 2.75) is 19.3 Å². The quantitative estimate of drug-likeness (QED) is 0.0979. The van der Waals surface area contributed by atoms with E-state index in [-0.39, 0.29) is 0 Å². The topological polar surface area (TPSA) is 3.24 Å². The van der Waals surface area contributed by atoms with Crippen LogP contribution >= 0.6 is 0 Å². The van der Waals surface area contributed by atoms with Gasteiger partial charge in [-0.3, -0.25) is 0 Å². The molecule has 1 nitrogen and oxygen atoms in total. The van der Waals surface area contributed by atoms with Gasteiger partial charge >= 0.3 is 0 Å². The summed E-state index contributed by atoms with van der Waals surface area (Å²) in [7, 11) is -2.78. The fraction of sp³-hybridized carbons (Fsp3) is 0.0476. The molecule has 1 aliphatic carbocycles. The largest absolute Gasteiger partial charge is 0.310 e. The van der Waals surface area contributed by atoms with Crippen LogP contribution in [0, 0.1) is 13.8 Å². The lowest BCUT2D eigenvalue weighted by atomic mass is 9.67. The van der Waals surface area contributed by atoms with Crippen LogP contribution in [-0.4, -0.2) is 8.07 Å². The highest BCUT2D eigenvalue weighted by atomic mass is 28.3. The molecule has 0 heterocycles. The predicted octanol–water partition coefficient (Wildman–Crippen LogP) is 13.2. The van der Waals surface area contributed by atoms with Gasteiger partial charge in [0.05, 0.1) is 11.1 Å². The first-order valence-corrected chi connectivity index (χ1v) is 24.7. The van der Waals surface area contributed by atoms with Crippen LogP contribution in [0.3, 0.4) is 0 Å². The van der Waals surface area contributed by atoms with Crippen molar-refractivity contribution in [1.82, 2.24) is 0 Å². The second kappa shape index (κ2) is 16.7. The third-order valence-electron chi connectivity index (χ3n) is 13.8. The molecule has 10 aromatic rings. The highest BCUT2D eigenvalue weighted by Crippen LogP contribution is 2.57. The Balaban J connectivity index is 1.15. The van der Waals surface area contributed by atoms with Gasteiger partial charge in [0.1, 0.15) is 0 Å². The van der Waals surface area contributed by atoms with Crippen molar-refractivity contribution in [3.05, 3.63) is 294 Å². The molecule has 0 amide bonds. The standard InChI is InChI=1S/C63H49NSi/c1-46-44-49(40-42-60(46)64(51-26-10-4-11-27-51)61-39-23-20-34-55(61)48-24-8-3-9-25-48)63(58-37-21-18-35-56(58)57-36-19-22-38-59(57)63)50-41-43-62(47(2)45-50)65(52-28-12-5-13-29-52,53-30-14-6-15-31-53)54-32-16-7-17-33-54/h3-45H,1-2H3. The first kappa shape index (κ1) is 40.0. The van der Waals surface area contributed by atoms with Crippen LogP contribution in [0.15, 0.2) is 261 Å². The molecule has 0 saturated carbocycles. The lowest BCUT2D eigenvalue weighted by molar-refractivity contribution is 0.766. The van der Waals surface area contributed by atoms with Crippen LogP contribution in [0.25, 0.3) is 22.3 Å². The molecule has 65 heavy (non-hydrogen) atoms. The summed E-state index contributed by atoms with van der Waals surface area (Å²) in [6.07, 6.45) is 0. The van der Waals surface area contributed by atoms with Gasteiger partial charge in [-0.1, -0.05) is 242 Å². The predicted molar refractivity (Wildman–Crippen MR) is 277 cm³/mol. The van der Waals surface area contributed by atoms with Crippen LogP contribution < -0.4 is 25.6 Å². The van der Waals surface area contributed by atoms with Gasteiger partial charge in [-0.2, -0.15) is 0 Å². The van der Waals surface area contributed by atoms with Gasteiger partial charge in [0.25, 0.3) is 0 Å². The Labute approximate surface area is 384 Å². The van der Waals surface area contributed by atoms with E-state index in [1.165, 1.54) is 76.4 Å². The number of hydrogen-bond donors (Lipinski definition) is 0. The fourth-order valence-corrected chi connectivity index (χ4v) is 16.0. The molecule has 0 bridgehead atoms. The smallest absolute Gasteiger partial charge is 0.179 e. The normalized spacial score (nSPS) is 12.6. The summed E-state index contributed by atoms with van der Waals surface area (Å²) in [6, 6.07) is 97.0. The summed E-state index contributed by atoms with van der Waals surface area (Å²) < 4.78 is 0. The van der Waals surface area contributed by atoms with Crippen molar-refractivity contribution >= 4 is 45.9 Å². The lowest BCUT2D eigenvalue weighted by Gasteiger charge is -2.38. The monoisotopic (exact) mass is 847 g/mol. The van der Waals surface area contributed by atoms with Gasteiger partial charge < -0.3 is 4.90 Å². The van der Waals surface area contributed by atoms with Crippen molar-refractivity contribution in [2.75, 3.05) is 4.90 Å². The van der Waals surface area contributed by atoms with Crippen LogP contribution in [-0.2, 0) is 5.41 Å². The zero-order chi connectivity index (χ0) is 43.8. The van der Waals surface area contributed by atoms with E-state index in [1.54, 1.807) is 0 Å². The van der Waals surface area contributed by atoms with Gasteiger partial charge in [-0.15, -0.1) is 0 Å². The summed E-state index contributed by atoms with van der Waals surface area (Å²) in [6.45, 7) is 4.64. The minimum atomic E-state index is -2.78. The number of anilines is 3. The van der Waals surface area contributed by atoms with E-state index >= 15 is 0 Å². The summed E-state index contributed by atoms with van der Waals surface area (Å²) in [5, 5.41) is 5.54. The molecule has 1 aliphatic rings. The van der Waals surface area contributed by atoms with Crippen molar-refractivity contribution in [3.8, 4) is 22.3 Å². The summed E-state index contributed by atoms with van der Waals surface area (Å²) in [5.41, 5.74) is 15.4. The minimum Gasteiger partial charge on any atom is -0.310 e. The van der Waals surface area contributed by atoms with E-state index in [0.29, 0.717) is 0 Å². The van der Waals surface area contributed by atoms with Crippen LogP contribution in [0.1, 0.15) is 33.4 Å². The fourth-order valence-electron chi connectivity index (χ4n) is 11.0. The highest BCUT2D eigenvalue weighted by Gasteiger charge is 2.48. The van der Waals surface area contributed by atoms with Crippen molar-refractivity contribution < 1.29 is 0 Å². The average Bonchev–Trinajstić information content (AvgIpc) is 3.68. The number of fused-ring (bicyclic) bond motifs is 3. The molecule has 2 heteroatoms. The van der Waals surface area contributed by atoms with E-state index in [2.05, 4.69) is 280 Å². The maximum absolute atomic E-state index is 2.78. The Morgan fingerprint density at radius 1 is 0.338 bits per heavy atom. The molecular weight excluding hydrogens is 799 g/mol. The molecule has 11 rings (SSSR count). The molecule has 0 radical (unpaired) electrons. The van der Waals surface area contributed by atoms with E-state index < -0.39 is 13.5 Å². The molecule has 0 spiro atoms. The molecule has 310 valence electrons. The maximum atomic E-state index is 2.53. The Hall–Kier alpha value is -7.78. The van der Waals surface area contributed by atoms with E-state index in [4.69, 9.17) is 0 Å². The number of nitrogens with zero attached hydrogens (tertiary/aromatic N) is 1. The van der Waals surface area contributed by atoms with Crippen LogP contribution in [0.2, 0.25) is 0 Å². The van der Waals surface area contributed by atoms with Gasteiger partial charge in [-0.05, 0) is 103 Å².